The van der Waals surface area contributed by atoms with E-state index in [1.165, 1.54) is 0 Å². The van der Waals surface area contributed by atoms with Crippen molar-refractivity contribution >= 4 is 29.5 Å². The predicted molar refractivity (Wildman–Crippen MR) is 142 cm³/mol. The molecule has 0 bridgehead atoms. The number of amides is 3. The molecule has 0 aromatic heterocycles. The molecule has 1 aliphatic rings. The number of carboxylic acid groups (broad SMARTS) is 1. The van der Waals surface area contributed by atoms with Gasteiger partial charge in [-0.3, -0.25) is 28.9 Å². The van der Waals surface area contributed by atoms with Crippen LogP contribution in [0.2, 0.25) is 0 Å². The van der Waals surface area contributed by atoms with Crippen LogP contribution in [-0.2, 0) is 19.2 Å². The third-order valence-electron chi connectivity index (χ3n) is 6.40. The van der Waals surface area contributed by atoms with Gasteiger partial charge in [0.05, 0.1) is 12.1 Å². The molecule has 0 saturated carbocycles. The molecule has 3 rings (SSSR count). The second-order valence-electron chi connectivity index (χ2n) is 9.50. The van der Waals surface area contributed by atoms with Crippen LogP contribution in [0.5, 0.6) is 11.5 Å². The van der Waals surface area contributed by atoms with Crippen molar-refractivity contribution < 1.29 is 33.8 Å². The number of ether oxygens (including phenoxy) is 1. The fraction of sp³-hybridized carbons (Fsp3) is 0.393. The summed E-state index contributed by atoms with van der Waals surface area (Å²) in [6.07, 6.45) is 1.24. The SMILES string of the molecule is CCCC(NC(=O)[C@@H]1C[C@@H](CNC(=O)c2cccc(Oc3ccccc3)c2)CN1C)C(=O)C(=O)NCC(=O)O. The normalized spacial score (nSPS) is 17.6. The van der Waals surface area contributed by atoms with Crippen LogP contribution in [0, 0.1) is 5.92 Å². The number of Topliss-reactive ketones (excluding diaryl/α,β-unsaturated/α-hetero) is 1. The zero-order valence-electron chi connectivity index (χ0n) is 22.0. The Hall–Kier alpha value is -4.25. The van der Waals surface area contributed by atoms with E-state index in [1.807, 2.05) is 47.5 Å². The molecular weight excluding hydrogens is 504 g/mol. The van der Waals surface area contributed by atoms with Gasteiger partial charge in [0.15, 0.2) is 0 Å². The lowest BCUT2D eigenvalue weighted by atomic mass is 10.0. The van der Waals surface area contributed by atoms with Gasteiger partial charge in [-0.15, -0.1) is 0 Å². The maximum Gasteiger partial charge on any atom is 0.322 e. The average Bonchev–Trinajstić information content (AvgIpc) is 3.30. The van der Waals surface area contributed by atoms with Crippen molar-refractivity contribution in [3.63, 3.8) is 0 Å². The summed E-state index contributed by atoms with van der Waals surface area (Å²) in [4.78, 5) is 62.8. The van der Waals surface area contributed by atoms with Crippen LogP contribution < -0.4 is 20.7 Å². The molecule has 39 heavy (non-hydrogen) atoms. The van der Waals surface area contributed by atoms with Crippen molar-refractivity contribution in [3.05, 3.63) is 60.2 Å². The lowest BCUT2D eigenvalue weighted by molar-refractivity contribution is -0.143. The second kappa shape index (κ2) is 14.1. The quantitative estimate of drug-likeness (QED) is 0.280. The number of aliphatic carboxylic acids is 1. The zero-order chi connectivity index (χ0) is 28.4. The molecule has 0 spiro atoms. The second-order valence-corrected chi connectivity index (χ2v) is 9.50. The molecule has 1 heterocycles. The summed E-state index contributed by atoms with van der Waals surface area (Å²) in [6, 6.07) is 14.5. The molecule has 11 heteroatoms. The van der Waals surface area contributed by atoms with Gasteiger partial charge in [0.1, 0.15) is 18.0 Å². The Labute approximate surface area is 226 Å². The van der Waals surface area contributed by atoms with E-state index >= 15 is 0 Å². The maximum absolute atomic E-state index is 13.0. The first kappa shape index (κ1) is 29.3. The van der Waals surface area contributed by atoms with E-state index in [2.05, 4.69) is 10.6 Å². The highest BCUT2D eigenvalue weighted by Gasteiger charge is 2.37. The summed E-state index contributed by atoms with van der Waals surface area (Å²) < 4.78 is 5.80. The molecule has 4 N–H and O–H groups in total. The van der Waals surface area contributed by atoms with E-state index in [0.717, 1.165) is 0 Å². The van der Waals surface area contributed by atoms with E-state index in [4.69, 9.17) is 9.84 Å². The Bertz CT molecular complexity index is 1190. The van der Waals surface area contributed by atoms with E-state index in [9.17, 15) is 24.0 Å². The number of carbonyl (C=O) groups is 5. The highest BCUT2D eigenvalue weighted by atomic mass is 16.5. The molecule has 3 atom stereocenters. The maximum atomic E-state index is 13.0. The molecule has 1 saturated heterocycles. The molecule has 0 radical (unpaired) electrons. The molecule has 208 valence electrons. The summed E-state index contributed by atoms with van der Waals surface area (Å²) in [7, 11) is 1.78. The number of hydrogen-bond acceptors (Lipinski definition) is 7. The van der Waals surface area contributed by atoms with E-state index in [1.54, 1.807) is 31.3 Å². The van der Waals surface area contributed by atoms with Crippen LogP contribution in [0.1, 0.15) is 36.5 Å². The van der Waals surface area contributed by atoms with Crippen LogP contribution in [0.3, 0.4) is 0 Å². The van der Waals surface area contributed by atoms with Gasteiger partial charge in [-0.05, 0) is 56.1 Å². The first-order valence-electron chi connectivity index (χ1n) is 12.8. The first-order valence-corrected chi connectivity index (χ1v) is 12.8. The Morgan fingerprint density at radius 3 is 2.44 bits per heavy atom. The summed E-state index contributed by atoms with van der Waals surface area (Å²) in [5, 5.41) is 16.3. The van der Waals surface area contributed by atoms with Gasteiger partial charge in [0.25, 0.3) is 11.8 Å². The molecule has 1 aliphatic heterocycles. The van der Waals surface area contributed by atoms with Crippen molar-refractivity contribution in [2.24, 2.45) is 5.92 Å². The van der Waals surface area contributed by atoms with Crippen LogP contribution >= 0.6 is 0 Å². The molecule has 2 aromatic rings. The Morgan fingerprint density at radius 1 is 1.03 bits per heavy atom. The third-order valence-corrected chi connectivity index (χ3v) is 6.40. The molecule has 2 aromatic carbocycles. The summed E-state index contributed by atoms with van der Waals surface area (Å²) in [6.45, 7) is 2.04. The average molecular weight is 539 g/mol. The van der Waals surface area contributed by atoms with Crippen LogP contribution in [0.25, 0.3) is 0 Å². The summed E-state index contributed by atoms with van der Waals surface area (Å²) >= 11 is 0. The van der Waals surface area contributed by atoms with Crippen molar-refractivity contribution in [3.8, 4) is 11.5 Å². The number of carbonyl (C=O) groups excluding carboxylic acids is 4. The fourth-order valence-electron chi connectivity index (χ4n) is 4.45. The lowest BCUT2D eigenvalue weighted by Crippen LogP contribution is -2.52. The van der Waals surface area contributed by atoms with Gasteiger partial charge in [-0.25, -0.2) is 0 Å². The highest BCUT2D eigenvalue weighted by molar-refractivity contribution is 6.38. The number of ketones is 1. The number of nitrogens with one attached hydrogen (secondary N) is 3. The molecule has 1 unspecified atom stereocenters. The number of para-hydroxylation sites is 1. The van der Waals surface area contributed by atoms with Gasteiger partial charge < -0.3 is 25.8 Å². The molecule has 0 aliphatic carbocycles. The van der Waals surface area contributed by atoms with Gasteiger partial charge in [-0.2, -0.15) is 0 Å². The smallest absolute Gasteiger partial charge is 0.322 e. The molecule has 1 fully saturated rings. The fourth-order valence-corrected chi connectivity index (χ4v) is 4.45. The van der Waals surface area contributed by atoms with Gasteiger partial charge in [-0.1, -0.05) is 37.6 Å². The van der Waals surface area contributed by atoms with Crippen molar-refractivity contribution in [1.82, 2.24) is 20.9 Å². The van der Waals surface area contributed by atoms with Crippen molar-refractivity contribution in [2.75, 3.05) is 26.7 Å². The Kier molecular flexibility index (Phi) is 10.6. The predicted octanol–water partition coefficient (Wildman–Crippen LogP) is 1.58. The monoisotopic (exact) mass is 538 g/mol. The van der Waals surface area contributed by atoms with Crippen molar-refractivity contribution in [1.29, 1.82) is 0 Å². The number of benzene rings is 2. The number of rotatable bonds is 13. The topological polar surface area (TPSA) is 154 Å². The lowest BCUT2D eigenvalue weighted by Gasteiger charge is -2.22. The van der Waals surface area contributed by atoms with Gasteiger partial charge in [0.2, 0.25) is 11.7 Å². The standard InChI is InChI=1S/C28H34N4O7/c1-3-8-22(25(35)28(38)30-16-24(33)34)31-27(37)23-13-18(17-32(23)2)15-29-26(36)19-9-7-12-21(14-19)39-20-10-5-4-6-11-20/h4-7,9-12,14,18,22-23H,3,8,13,15-17H2,1-2H3,(H,29,36)(H,30,38)(H,31,37)(H,33,34)/t18-,22?,23-/m0/s1. The van der Waals surface area contributed by atoms with E-state index < -0.39 is 42.2 Å². The van der Waals surface area contributed by atoms with Gasteiger partial charge in [0, 0.05) is 18.7 Å². The van der Waals surface area contributed by atoms with E-state index in [0.29, 0.717) is 43.0 Å². The van der Waals surface area contributed by atoms with Crippen LogP contribution in [-0.4, -0.2) is 78.2 Å². The van der Waals surface area contributed by atoms with Gasteiger partial charge >= 0.3 is 5.97 Å². The minimum Gasteiger partial charge on any atom is -0.480 e. The van der Waals surface area contributed by atoms with Crippen molar-refractivity contribution in [2.45, 2.75) is 38.3 Å². The Balaban J connectivity index is 1.52. The number of likely N-dealkylation sites (N-methyl/N-ethyl adjacent to an activating group) is 1. The van der Waals surface area contributed by atoms with Crippen LogP contribution in [0.15, 0.2) is 54.6 Å². The largest absolute Gasteiger partial charge is 0.480 e. The minimum atomic E-state index is -1.27. The summed E-state index contributed by atoms with van der Waals surface area (Å²) in [5.41, 5.74) is 0.450. The Morgan fingerprint density at radius 2 is 1.74 bits per heavy atom. The molecular formula is C28H34N4O7. The highest BCUT2D eigenvalue weighted by Crippen LogP contribution is 2.23. The molecule has 11 nitrogen and oxygen atoms in total. The number of nitrogens with zero attached hydrogens (tertiary/aromatic N) is 1. The number of hydrogen-bond donors (Lipinski definition) is 4. The first-order chi connectivity index (χ1) is 18.7. The molecule has 3 amide bonds. The van der Waals surface area contributed by atoms with E-state index in [-0.39, 0.29) is 18.2 Å². The summed E-state index contributed by atoms with van der Waals surface area (Å²) in [5.74, 6) is -2.65. The zero-order valence-corrected chi connectivity index (χ0v) is 22.0. The number of likely N-dealkylation sites (tertiary alicyclic amines) is 1. The minimum absolute atomic E-state index is 0.00218. The van der Waals surface area contributed by atoms with Crippen LogP contribution in [0.4, 0.5) is 0 Å². The third kappa shape index (κ3) is 8.64. The number of carboxylic acids is 1.